The maximum Gasteiger partial charge on any atom is 0.405 e. The lowest BCUT2D eigenvalue weighted by atomic mass is 10.2. The SMILES string of the molecule is N#C[C@@H]1CC(F)(F)CN1C(=O)COC(N)=O. The first-order chi connectivity index (χ1) is 7.35. The molecular formula is C8H9F2N3O3. The van der Waals surface area contributed by atoms with Gasteiger partial charge >= 0.3 is 6.09 Å². The third kappa shape index (κ3) is 2.79. The van der Waals surface area contributed by atoms with Crippen LogP contribution in [0.4, 0.5) is 13.6 Å². The van der Waals surface area contributed by atoms with Crippen LogP contribution in [-0.2, 0) is 9.53 Å². The number of nitriles is 1. The Bertz CT molecular complexity index is 353. The van der Waals surface area contributed by atoms with E-state index < -0.39 is 43.5 Å². The first-order valence-corrected chi connectivity index (χ1v) is 4.35. The predicted octanol–water partition coefficient (Wildman–Crippen LogP) is -0.159. The molecule has 0 aromatic heterocycles. The van der Waals surface area contributed by atoms with Gasteiger partial charge in [0, 0.05) is 6.42 Å². The number of rotatable bonds is 2. The van der Waals surface area contributed by atoms with Crippen molar-refractivity contribution in [3.05, 3.63) is 0 Å². The summed E-state index contributed by atoms with van der Waals surface area (Å²) >= 11 is 0. The number of amides is 2. The number of nitrogens with two attached hydrogens (primary N) is 1. The summed E-state index contributed by atoms with van der Waals surface area (Å²) in [7, 11) is 0. The number of hydrogen-bond acceptors (Lipinski definition) is 4. The minimum Gasteiger partial charge on any atom is -0.440 e. The van der Waals surface area contributed by atoms with Gasteiger partial charge in [-0.25, -0.2) is 13.6 Å². The molecule has 0 spiro atoms. The fourth-order valence-electron chi connectivity index (χ4n) is 1.41. The molecule has 0 bridgehead atoms. The summed E-state index contributed by atoms with van der Waals surface area (Å²) in [5.74, 6) is -3.94. The van der Waals surface area contributed by atoms with Crippen LogP contribution in [-0.4, -0.2) is 42.0 Å². The minimum atomic E-state index is -3.08. The normalized spacial score (nSPS) is 22.6. The van der Waals surface area contributed by atoms with Crippen molar-refractivity contribution in [1.82, 2.24) is 4.90 Å². The van der Waals surface area contributed by atoms with Crippen molar-refractivity contribution in [3.8, 4) is 6.07 Å². The summed E-state index contributed by atoms with van der Waals surface area (Å²) in [5, 5.41) is 8.59. The molecule has 0 radical (unpaired) electrons. The summed E-state index contributed by atoms with van der Waals surface area (Å²) in [5.41, 5.74) is 4.61. The molecule has 16 heavy (non-hydrogen) atoms. The Kier molecular flexibility index (Phi) is 3.27. The smallest absolute Gasteiger partial charge is 0.405 e. The van der Waals surface area contributed by atoms with E-state index in [1.165, 1.54) is 0 Å². The van der Waals surface area contributed by atoms with Crippen LogP contribution in [0, 0.1) is 11.3 Å². The number of ether oxygens (including phenoxy) is 1. The number of halogens is 2. The quantitative estimate of drug-likeness (QED) is 0.716. The number of carbonyl (C=O) groups excluding carboxylic acids is 2. The van der Waals surface area contributed by atoms with Crippen molar-refractivity contribution in [2.75, 3.05) is 13.2 Å². The Morgan fingerprint density at radius 3 is 2.75 bits per heavy atom. The van der Waals surface area contributed by atoms with Crippen LogP contribution in [0.1, 0.15) is 6.42 Å². The van der Waals surface area contributed by atoms with Gasteiger partial charge in [0.25, 0.3) is 11.8 Å². The molecule has 0 saturated carbocycles. The van der Waals surface area contributed by atoms with Gasteiger partial charge in [0.15, 0.2) is 6.61 Å². The lowest BCUT2D eigenvalue weighted by Gasteiger charge is -2.18. The molecule has 1 atom stereocenters. The average Bonchev–Trinajstić information content (AvgIpc) is 2.50. The Labute approximate surface area is 89.5 Å². The molecule has 1 aliphatic rings. The second-order valence-corrected chi connectivity index (χ2v) is 3.33. The number of primary amides is 1. The van der Waals surface area contributed by atoms with Crippen molar-refractivity contribution in [1.29, 1.82) is 5.26 Å². The molecule has 88 valence electrons. The molecule has 1 heterocycles. The van der Waals surface area contributed by atoms with Crippen LogP contribution < -0.4 is 5.73 Å². The van der Waals surface area contributed by atoms with Gasteiger partial charge in [0.05, 0.1) is 12.6 Å². The second kappa shape index (κ2) is 4.30. The minimum absolute atomic E-state index is 0.683. The summed E-state index contributed by atoms with van der Waals surface area (Å²) in [4.78, 5) is 22.2. The highest BCUT2D eigenvalue weighted by Crippen LogP contribution is 2.31. The predicted molar refractivity (Wildman–Crippen MR) is 46.2 cm³/mol. The summed E-state index contributed by atoms with van der Waals surface area (Å²) < 4.78 is 30.0. The molecule has 1 aliphatic heterocycles. The molecule has 8 heteroatoms. The maximum atomic E-state index is 12.9. The van der Waals surface area contributed by atoms with E-state index >= 15 is 0 Å². The van der Waals surface area contributed by atoms with E-state index in [-0.39, 0.29) is 0 Å². The van der Waals surface area contributed by atoms with Crippen LogP contribution in [0.2, 0.25) is 0 Å². The van der Waals surface area contributed by atoms with Crippen LogP contribution >= 0.6 is 0 Å². The number of carbonyl (C=O) groups is 2. The fourth-order valence-corrected chi connectivity index (χ4v) is 1.41. The topological polar surface area (TPSA) is 96.4 Å². The molecule has 1 saturated heterocycles. The monoisotopic (exact) mass is 233 g/mol. The largest absolute Gasteiger partial charge is 0.440 e. The Morgan fingerprint density at radius 2 is 2.25 bits per heavy atom. The van der Waals surface area contributed by atoms with Crippen molar-refractivity contribution in [2.24, 2.45) is 5.73 Å². The van der Waals surface area contributed by atoms with Gasteiger partial charge in [-0.3, -0.25) is 4.79 Å². The molecule has 2 N–H and O–H groups in total. The molecule has 1 fully saturated rings. The zero-order valence-corrected chi connectivity index (χ0v) is 8.15. The van der Waals surface area contributed by atoms with Gasteiger partial charge in [0.2, 0.25) is 0 Å². The summed E-state index contributed by atoms with van der Waals surface area (Å²) in [6.45, 7) is -1.57. The van der Waals surface area contributed by atoms with Gasteiger partial charge < -0.3 is 15.4 Å². The molecule has 0 aliphatic carbocycles. The zero-order chi connectivity index (χ0) is 12.3. The molecule has 0 aromatic rings. The van der Waals surface area contributed by atoms with Crippen LogP contribution in [0.25, 0.3) is 0 Å². The number of hydrogen-bond donors (Lipinski definition) is 1. The van der Waals surface area contributed by atoms with Gasteiger partial charge in [0.1, 0.15) is 6.04 Å². The zero-order valence-electron chi connectivity index (χ0n) is 8.15. The Hall–Kier alpha value is -1.91. The number of nitrogens with zero attached hydrogens (tertiary/aromatic N) is 2. The van der Waals surface area contributed by atoms with Gasteiger partial charge in [-0.05, 0) is 0 Å². The van der Waals surface area contributed by atoms with Crippen molar-refractivity contribution in [3.63, 3.8) is 0 Å². The van der Waals surface area contributed by atoms with E-state index in [1.54, 1.807) is 6.07 Å². The lowest BCUT2D eigenvalue weighted by Crippen LogP contribution is -2.39. The first kappa shape index (κ1) is 12.2. The van der Waals surface area contributed by atoms with Gasteiger partial charge in [-0.2, -0.15) is 5.26 Å². The number of alkyl halides is 2. The Morgan fingerprint density at radius 1 is 1.62 bits per heavy atom. The van der Waals surface area contributed by atoms with E-state index in [2.05, 4.69) is 10.5 Å². The van der Waals surface area contributed by atoms with Gasteiger partial charge in [-0.15, -0.1) is 0 Å². The van der Waals surface area contributed by atoms with Crippen molar-refractivity contribution < 1.29 is 23.1 Å². The lowest BCUT2D eigenvalue weighted by molar-refractivity contribution is -0.135. The highest BCUT2D eigenvalue weighted by molar-refractivity contribution is 5.80. The average molecular weight is 233 g/mol. The van der Waals surface area contributed by atoms with E-state index in [0.29, 0.717) is 4.90 Å². The highest BCUT2D eigenvalue weighted by Gasteiger charge is 2.47. The molecule has 0 unspecified atom stereocenters. The molecule has 6 nitrogen and oxygen atoms in total. The molecular weight excluding hydrogens is 224 g/mol. The highest BCUT2D eigenvalue weighted by atomic mass is 19.3. The van der Waals surface area contributed by atoms with E-state index in [0.717, 1.165) is 0 Å². The van der Waals surface area contributed by atoms with Crippen molar-refractivity contribution >= 4 is 12.0 Å². The van der Waals surface area contributed by atoms with Crippen LogP contribution in [0.3, 0.4) is 0 Å². The Balaban J connectivity index is 2.62. The standard InChI is InChI=1S/C8H9F2N3O3/c9-8(10)1-5(2-11)13(4-8)6(14)3-16-7(12)15/h5H,1,3-4H2,(H2,12,15)/t5-/m0/s1. The molecule has 1 rings (SSSR count). The third-order valence-corrected chi connectivity index (χ3v) is 2.08. The number of likely N-dealkylation sites (tertiary alicyclic amines) is 1. The first-order valence-electron chi connectivity index (χ1n) is 4.35. The van der Waals surface area contributed by atoms with Crippen LogP contribution in [0.15, 0.2) is 0 Å². The third-order valence-electron chi connectivity index (χ3n) is 2.08. The van der Waals surface area contributed by atoms with E-state index in [1.807, 2.05) is 0 Å². The fraction of sp³-hybridized carbons (Fsp3) is 0.625. The van der Waals surface area contributed by atoms with E-state index in [4.69, 9.17) is 5.26 Å². The van der Waals surface area contributed by atoms with Gasteiger partial charge in [-0.1, -0.05) is 0 Å². The maximum absolute atomic E-state index is 12.9. The summed E-state index contributed by atoms with van der Waals surface area (Å²) in [6, 6.07) is 0.396. The van der Waals surface area contributed by atoms with Crippen molar-refractivity contribution in [2.45, 2.75) is 18.4 Å². The molecule has 0 aromatic carbocycles. The second-order valence-electron chi connectivity index (χ2n) is 3.33. The summed E-state index contributed by atoms with van der Waals surface area (Å²) in [6.07, 6.45) is -1.88. The van der Waals surface area contributed by atoms with E-state index in [9.17, 15) is 18.4 Å². The molecule has 2 amide bonds. The van der Waals surface area contributed by atoms with Crippen LogP contribution in [0.5, 0.6) is 0 Å².